The molecular weight excluding hydrogens is 308 g/mol. The molecular formula is C16H18N6O2. The monoisotopic (exact) mass is 326 g/mol. The van der Waals surface area contributed by atoms with E-state index in [0.717, 1.165) is 29.9 Å². The molecule has 2 aromatic heterocycles. The molecule has 1 aliphatic rings. The Morgan fingerprint density at radius 2 is 1.96 bits per heavy atom. The molecule has 0 atom stereocenters. The highest BCUT2D eigenvalue weighted by Crippen LogP contribution is 2.17. The molecule has 1 aromatic carbocycles. The van der Waals surface area contributed by atoms with Crippen LogP contribution in [0.5, 0.6) is 0 Å². The molecule has 8 heteroatoms. The number of rotatable bonds is 4. The van der Waals surface area contributed by atoms with Crippen molar-refractivity contribution in [2.24, 2.45) is 0 Å². The van der Waals surface area contributed by atoms with Gasteiger partial charge in [-0.25, -0.2) is 9.78 Å². The molecule has 0 spiro atoms. The van der Waals surface area contributed by atoms with Crippen molar-refractivity contribution in [1.29, 1.82) is 0 Å². The summed E-state index contributed by atoms with van der Waals surface area (Å²) in [7, 11) is 0. The number of tetrazole rings is 1. The number of hydrogen-bond acceptors (Lipinski definition) is 5. The molecule has 1 aliphatic heterocycles. The predicted molar refractivity (Wildman–Crippen MR) is 86.5 cm³/mol. The van der Waals surface area contributed by atoms with Crippen molar-refractivity contribution in [2.45, 2.75) is 25.4 Å². The van der Waals surface area contributed by atoms with E-state index in [1.165, 1.54) is 9.36 Å². The first-order valence-electron chi connectivity index (χ1n) is 8.00. The summed E-state index contributed by atoms with van der Waals surface area (Å²) in [5.41, 5.74) is 1.62. The number of benzene rings is 1. The molecule has 0 unspecified atom stereocenters. The fourth-order valence-electron chi connectivity index (χ4n) is 2.89. The van der Waals surface area contributed by atoms with E-state index >= 15 is 0 Å². The summed E-state index contributed by atoms with van der Waals surface area (Å²) in [6.07, 6.45) is 3.31. The van der Waals surface area contributed by atoms with Crippen molar-refractivity contribution in [3.8, 4) is 11.4 Å². The van der Waals surface area contributed by atoms with E-state index < -0.39 is 0 Å². The van der Waals surface area contributed by atoms with Crippen molar-refractivity contribution in [2.75, 3.05) is 13.2 Å². The van der Waals surface area contributed by atoms with Crippen LogP contribution in [0.4, 0.5) is 0 Å². The maximum atomic E-state index is 12.5. The van der Waals surface area contributed by atoms with Crippen molar-refractivity contribution in [3.05, 3.63) is 52.7 Å². The molecule has 1 fully saturated rings. The van der Waals surface area contributed by atoms with E-state index in [9.17, 15) is 4.79 Å². The summed E-state index contributed by atoms with van der Waals surface area (Å²) in [4.78, 5) is 20.1. The molecule has 0 bridgehead atoms. The molecule has 3 heterocycles. The third-order valence-electron chi connectivity index (χ3n) is 4.19. The summed E-state index contributed by atoms with van der Waals surface area (Å²) < 4.78 is 8.15. The van der Waals surface area contributed by atoms with Gasteiger partial charge in [-0.3, -0.25) is 0 Å². The first-order chi connectivity index (χ1) is 11.8. The van der Waals surface area contributed by atoms with Crippen LogP contribution < -0.4 is 5.69 Å². The lowest BCUT2D eigenvalue weighted by Gasteiger charge is -2.20. The third kappa shape index (κ3) is 2.88. The van der Waals surface area contributed by atoms with Gasteiger partial charge in [-0.15, -0.1) is 0 Å². The van der Waals surface area contributed by atoms with Gasteiger partial charge in [0, 0.05) is 18.8 Å². The summed E-state index contributed by atoms with van der Waals surface area (Å²) >= 11 is 0. The van der Waals surface area contributed by atoms with Gasteiger partial charge in [-0.2, -0.15) is 9.36 Å². The van der Waals surface area contributed by atoms with Gasteiger partial charge >= 0.3 is 5.69 Å². The maximum absolute atomic E-state index is 12.5. The van der Waals surface area contributed by atoms with E-state index in [0.29, 0.717) is 19.8 Å². The van der Waals surface area contributed by atoms with Gasteiger partial charge in [0.25, 0.3) is 0 Å². The van der Waals surface area contributed by atoms with Crippen LogP contribution in [0.1, 0.15) is 24.6 Å². The highest BCUT2D eigenvalue weighted by Gasteiger charge is 2.20. The van der Waals surface area contributed by atoms with Crippen molar-refractivity contribution < 1.29 is 4.74 Å². The highest BCUT2D eigenvalue weighted by molar-refractivity contribution is 5.54. The lowest BCUT2D eigenvalue weighted by molar-refractivity contribution is 0.0647. The van der Waals surface area contributed by atoms with Crippen molar-refractivity contribution >= 4 is 0 Å². The second-order valence-corrected chi connectivity index (χ2v) is 5.83. The minimum atomic E-state index is -0.197. The highest BCUT2D eigenvalue weighted by atomic mass is 16.5. The molecule has 8 nitrogen and oxygen atoms in total. The average molecular weight is 326 g/mol. The molecule has 1 N–H and O–H groups in total. The molecule has 1 saturated heterocycles. The number of nitrogens with one attached hydrogen (secondary N) is 1. The smallest absolute Gasteiger partial charge is 0.364 e. The normalized spacial score (nSPS) is 15.7. The molecule has 24 heavy (non-hydrogen) atoms. The zero-order chi connectivity index (χ0) is 16.4. The first kappa shape index (κ1) is 14.8. The second-order valence-electron chi connectivity index (χ2n) is 5.83. The fraction of sp³-hybridized carbons (Fsp3) is 0.375. The molecule has 0 amide bonds. The number of H-pyrrole nitrogens is 1. The lowest BCUT2D eigenvalue weighted by Crippen LogP contribution is -2.31. The van der Waals surface area contributed by atoms with Gasteiger partial charge in [0.2, 0.25) is 0 Å². The quantitative estimate of drug-likeness (QED) is 0.779. The van der Waals surface area contributed by atoms with Crippen molar-refractivity contribution in [3.63, 3.8) is 0 Å². The van der Waals surface area contributed by atoms with Gasteiger partial charge in [-0.05, 0) is 23.3 Å². The Balaban J connectivity index is 1.53. The second kappa shape index (κ2) is 6.40. The van der Waals surface area contributed by atoms with Crippen LogP contribution in [0.25, 0.3) is 11.4 Å². The van der Waals surface area contributed by atoms with Gasteiger partial charge < -0.3 is 9.72 Å². The lowest BCUT2D eigenvalue weighted by atomic mass is 10.1. The Morgan fingerprint density at radius 3 is 2.75 bits per heavy atom. The van der Waals surface area contributed by atoms with Crippen LogP contribution >= 0.6 is 0 Å². The van der Waals surface area contributed by atoms with Gasteiger partial charge in [0.05, 0.1) is 24.5 Å². The van der Waals surface area contributed by atoms with Gasteiger partial charge in [0.15, 0.2) is 0 Å². The molecule has 0 radical (unpaired) electrons. The topological polar surface area (TPSA) is 90.6 Å². The molecule has 0 saturated carbocycles. The van der Waals surface area contributed by atoms with E-state index in [-0.39, 0.29) is 11.7 Å². The Kier molecular flexibility index (Phi) is 3.96. The molecule has 124 valence electrons. The third-order valence-corrected chi connectivity index (χ3v) is 4.19. The number of imidazole rings is 1. The van der Waals surface area contributed by atoms with Crippen LogP contribution in [0, 0.1) is 0 Å². The zero-order valence-corrected chi connectivity index (χ0v) is 13.1. The number of ether oxygens (including phenoxy) is 1. The average Bonchev–Trinajstić information content (AvgIpc) is 3.25. The van der Waals surface area contributed by atoms with Crippen LogP contribution in [0.2, 0.25) is 0 Å². The number of nitrogens with zero attached hydrogens (tertiary/aromatic N) is 5. The Morgan fingerprint density at radius 1 is 1.17 bits per heavy atom. The standard InChI is InChI=1S/C16H18N6O2/c23-16-21(19-20-22(16)14-6-8-24-9-7-14)11-13-10-17-15(18-13)12-4-2-1-3-5-12/h1-5,10,14H,6-9,11H2,(H,17,18). The first-order valence-corrected chi connectivity index (χ1v) is 8.00. The zero-order valence-electron chi connectivity index (χ0n) is 13.1. The molecule has 3 aromatic rings. The van der Waals surface area contributed by atoms with Crippen LogP contribution in [0.3, 0.4) is 0 Å². The summed E-state index contributed by atoms with van der Waals surface area (Å²) in [5.74, 6) is 0.774. The Bertz CT molecular complexity index is 860. The Labute approximate surface area is 138 Å². The van der Waals surface area contributed by atoms with Crippen LogP contribution in [0.15, 0.2) is 41.3 Å². The van der Waals surface area contributed by atoms with Gasteiger partial charge in [-0.1, -0.05) is 30.3 Å². The number of aromatic nitrogens is 6. The Hall–Kier alpha value is -2.74. The van der Waals surface area contributed by atoms with Crippen LogP contribution in [-0.4, -0.2) is 43.0 Å². The maximum Gasteiger partial charge on any atom is 0.364 e. The minimum absolute atomic E-state index is 0.0710. The number of aromatic amines is 1. The van der Waals surface area contributed by atoms with E-state index in [1.807, 2.05) is 30.3 Å². The molecule has 4 rings (SSSR count). The summed E-state index contributed by atoms with van der Waals surface area (Å²) in [5, 5.41) is 8.02. The predicted octanol–water partition coefficient (Wildman–Crippen LogP) is 1.23. The van der Waals surface area contributed by atoms with E-state index in [2.05, 4.69) is 20.4 Å². The fourth-order valence-corrected chi connectivity index (χ4v) is 2.89. The largest absolute Gasteiger partial charge is 0.381 e. The number of hydrogen-bond donors (Lipinski definition) is 1. The SMILES string of the molecule is O=c1n(Cc2cnc(-c3ccccc3)[nH]2)nnn1C1CCOCC1. The molecule has 0 aliphatic carbocycles. The summed E-state index contributed by atoms with van der Waals surface area (Å²) in [6.45, 7) is 1.64. The van der Waals surface area contributed by atoms with Crippen LogP contribution in [-0.2, 0) is 11.3 Å². The van der Waals surface area contributed by atoms with Crippen molar-refractivity contribution in [1.82, 2.24) is 29.8 Å². The summed E-state index contributed by atoms with van der Waals surface area (Å²) in [6, 6.07) is 9.92. The van der Waals surface area contributed by atoms with E-state index in [1.54, 1.807) is 6.20 Å². The van der Waals surface area contributed by atoms with Gasteiger partial charge in [0.1, 0.15) is 5.82 Å². The van der Waals surface area contributed by atoms with E-state index in [4.69, 9.17) is 4.74 Å². The minimum Gasteiger partial charge on any atom is -0.381 e.